The van der Waals surface area contributed by atoms with Gasteiger partial charge in [-0.3, -0.25) is 9.59 Å². The molecule has 146 valence electrons. The maximum Gasteiger partial charge on any atom is 0.337 e. The van der Waals surface area contributed by atoms with Gasteiger partial charge < -0.3 is 15.4 Å². The average Bonchev–Trinajstić information content (AvgIpc) is 2.78. The van der Waals surface area contributed by atoms with E-state index >= 15 is 0 Å². The number of methoxy groups -OCH3 is 1. The number of carbonyl (C=O) groups excluding carboxylic acids is 3. The summed E-state index contributed by atoms with van der Waals surface area (Å²) >= 11 is 0. The summed E-state index contributed by atoms with van der Waals surface area (Å²) in [6.45, 7) is 0.250. The van der Waals surface area contributed by atoms with Gasteiger partial charge in [0.05, 0.1) is 12.7 Å². The van der Waals surface area contributed by atoms with E-state index in [9.17, 15) is 14.4 Å². The van der Waals surface area contributed by atoms with Gasteiger partial charge in [0.15, 0.2) is 0 Å². The van der Waals surface area contributed by atoms with E-state index in [2.05, 4.69) is 10.6 Å². The van der Waals surface area contributed by atoms with Crippen LogP contribution in [0.25, 0.3) is 11.1 Å². The lowest BCUT2D eigenvalue weighted by Gasteiger charge is -2.13. The molecular formula is C23H20N2O4. The van der Waals surface area contributed by atoms with Crippen molar-refractivity contribution in [2.45, 2.75) is 6.54 Å². The molecule has 0 aliphatic rings. The minimum atomic E-state index is -0.788. The third kappa shape index (κ3) is 5.07. The average molecular weight is 388 g/mol. The molecule has 0 aliphatic carbocycles. The standard InChI is InChI=1S/C23H20N2O4/c1-29-23(28)18-12-13-20(19(14-18)17-10-6-3-7-11-17)25-22(27)21(26)24-15-16-8-4-2-5-9-16/h2-14H,15H2,1H3,(H,24,26)(H,25,27). The minimum absolute atomic E-state index is 0.250. The summed E-state index contributed by atoms with van der Waals surface area (Å²) in [6, 6.07) is 23.3. The quantitative estimate of drug-likeness (QED) is 0.518. The molecule has 0 heterocycles. The van der Waals surface area contributed by atoms with Crippen molar-refractivity contribution in [2.24, 2.45) is 0 Å². The molecule has 0 aromatic heterocycles. The van der Waals surface area contributed by atoms with E-state index < -0.39 is 17.8 Å². The molecule has 0 spiro atoms. The van der Waals surface area contributed by atoms with E-state index in [4.69, 9.17) is 4.74 Å². The van der Waals surface area contributed by atoms with Crippen molar-refractivity contribution in [2.75, 3.05) is 12.4 Å². The van der Waals surface area contributed by atoms with Crippen LogP contribution in [-0.2, 0) is 20.9 Å². The number of ether oxygens (including phenoxy) is 1. The first-order chi connectivity index (χ1) is 14.1. The van der Waals surface area contributed by atoms with E-state index in [0.29, 0.717) is 16.8 Å². The highest BCUT2D eigenvalue weighted by atomic mass is 16.5. The Kier molecular flexibility index (Phi) is 6.37. The minimum Gasteiger partial charge on any atom is -0.465 e. The molecule has 0 saturated carbocycles. The third-order valence-corrected chi connectivity index (χ3v) is 4.28. The predicted octanol–water partition coefficient (Wildman–Crippen LogP) is 3.40. The van der Waals surface area contributed by atoms with Crippen LogP contribution in [-0.4, -0.2) is 24.9 Å². The van der Waals surface area contributed by atoms with E-state index in [1.54, 1.807) is 12.1 Å². The van der Waals surface area contributed by atoms with E-state index in [1.165, 1.54) is 13.2 Å². The first-order valence-electron chi connectivity index (χ1n) is 8.99. The second-order valence-electron chi connectivity index (χ2n) is 6.24. The van der Waals surface area contributed by atoms with Crippen LogP contribution < -0.4 is 10.6 Å². The first-order valence-corrected chi connectivity index (χ1v) is 8.99. The Morgan fingerprint density at radius 2 is 1.48 bits per heavy atom. The fraction of sp³-hybridized carbons (Fsp3) is 0.0870. The van der Waals surface area contributed by atoms with Gasteiger partial charge in [0.2, 0.25) is 0 Å². The number of benzene rings is 3. The molecule has 6 nitrogen and oxygen atoms in total. The Hall–Kier alpha value is -3.93. The molecule has 29 heavy (non-hydrogen) atoms. The van der Waals surface area contributed by atoms with Gasteiger partial charge >= 0.3 is 17.8 Å². The van der Waals surface area contributed by atoms with Crippen molar-refractivity contribution in [3.63, 3.8) is 0 Å². The van der Waals surface area contributed by atoms with Gasteiger partial charge in [-0.15, -0.1) is 0 Å². The summed E-state index contributed by atoms with van der Waals surface area (Å²) in [7, 11) is 1.30. The monoisotopic (exact) mass is 388 g/mol. The Morgan fingerprint density at radius 3 is 2.14 bits per heavy atom. The molecule has 0 unspecified atom stereocenters. The van der Waals surface area contributed by atoms with Crippen LogP contribution in [0, 0.1) is 0 Å². The highest BCUT2D eigenvalue weighted by Crippen LogP contribution is 2.29. The van der Waals surface area contributed by atoms with E-state index in [1.807, 2.05) is 60.7 Å². The molecule has 0 aliphatic heterocycles. The summed E-state index contributed by atoms with van der Waals surface area (Å²) in [6.07, 6.45) is 0. The highest BCUT2D eigenvalue weighted by Gasteiger charge is 2.17. The van der Waals surface area contributed by atoms with Crippen molar-refractivity contribution in [3.8, 4) is 11.1 Å². The van der Waals surface area contributed by atoms with Crippen LogP contribution in [0.5, 0.6) is 0 Å². The number of amides is 2. The zero-order valence-electron chi connectivity index (χ0n) is 15.8. The lowest BCUT2D eigenvalue weighted by molar-refractivity contribution is -0.136. The zero-order chi connectivity index (χ0) is 20.6. The maximum atomic E-state index is 12.4. The van der Waals surface area contributed by atoms with Crippen molar-refractivity contribution in [1.29, 1.82) is 0 Å². The van der Waals surface area contributed by atoms with Crippen LogP contribution in [0.2, 0.25) is 0 Å². The Labute approximate surface area is 168 Å². The summed E-state index contributed by atoms with van der Waals surface area (Å²) in [5.41, 5.74) is 3.05. The molecule has 6 heteroatoms. The second-order valence-corrected chi connectivity index (χ2v) is 6.24. The summed E-state index contributed by atoms with van der Waals surface area (Å²) in [5.74, 6) is -2.02. The van der Waals surface area contributed by atoms with Crippen LogP contribution in [0.15, 0.2) is 78.9 Å². The number of esters is 1. The van der Waals surface area contributed by atoms with E-state index in [-0.39, 0.29) is 6.54 Å². The molecule has 0 radical (unpaired) electrons. The van der Waals surface area contributed by atoms with Crippen LogP contribution in [0.4, 0.5) is 5.69 Å². The smallest absolute Gasteiger partial charge is 0.337 e. The summed E-state index contributed by atoms with van der Waals surface area (Å²) in [5, 5.41) is 5.22. The van der Waals surface area contributed by atoms with E-state index in [0.717, 1.165) is 11.1 Å². The molecule has 0 bridgehead atoms. The SMILES string of the molecule is COC(=O)c1ccc(NC(=O)C(=O)NCc2ccccc2)c(-c2ccccc2)c1. The molecule has 2 N–H and O–H groups in total. The normalized spacial score (nSPS) is 10.1. The molecule has 3 aromatic rings. The number of anilines is 1. The second kappa shape index (κ2) is 9.32. The summed E-state index contributed by atoms with van der Waals surface area (Å²) in [4.78, 5) is 36.5. The molecule has 3 aromatic carbocycles. The van der Waals surface area contributed by atoms with Crippen molar-refractivity contribution < 1.29 is 19.1 Å². The lowest BCUT2D eigenvalue weighted by atomic mass is 10.0. The number of nitrogens with one attached hydrogen (secondary N) is 2. The van der Waals surface area contributed by atoms with Gasteiger partial charge in [-0.05, 0) is 29.3 Å². The predicted molar refractivity (Wildman–Crippen MR) is 110 cm³/mol. The maximum absolute atomic E-state index is 12.4. The first kappa shape index (κ1) is 19.8. The van der Waals surface area contributed by atoms with Gasteiger partial charge in [-0.25, -0.2) is 4.79 Å². The number of hydrogen-bond acceptors (Lipinski definition) is 4. The van der Waals surface area contributed by atoms with Gasteiger partial charge in [-0.2, -0.15) is 0 Å². The fourth-order valence-corrected chi connectivity index (χ4v) is 2.79. The molecule has 0 saturated heterocycles. The molecular weight excluding hydrogens is 368 g/mol. The van der Waals surface area contributed by atoms with Crippen molar-refractivity contribution in [3.05, 3.63) is 90.0 Å². The summed E-state index contributed by atoms with van der Waals surface area (Å²) < 4.78 is 4.77. The van der Waals surface area contributed by atoms with Crippen molar-refractivity contribution >= 4 is 23.5 Å². The van der Waals surface area contributed by atoms with Crippen LogP contribution >= 0.6 is 0 Å². The van der Waals surface area contributed by atoms with Crippen molar-refractivity contribution in [1.82, 2.24) is 5.32 Å². The molecule has 0 atom stereocenters. The Balaban J connectivity index is 1.79. The zero-order valence-corrected chi connectivity index (χ0v) is 15.8. The molecule has 3 rings (SSSR count). The van der Waals surface area contributed by atoms with Gasteiger partial charge in [0.1, 0.15) is 0 Å². The molecule has 0 fully saturated rings. The Morgan fingerprint density at radius 1 is 0.828 bits per heavy atom. The number of carbonyl (C=O) groups is 3. The van der Waals surface area contributed by atoms with Gasteiger partial charge in [0.25, 0.3) is 0 Å². The van der Waals surface area contributed by atoms with Crippen LogP contribution in [0.1, 0.15) is 15.9 Å². The highest BCUT2D eigenvalue weighted by molar-refractivity contribution is 6.40. The topological polar surface area (TPSA) is 84.5 Å². The lowest BCUT2D eigenvalue weighted by Crippen LogP contribution is -2.35. The van der Waals surface area contributed by atoms with Gasteiger partial charge in [0, 0.05) is 17.8 Å². The largest absolute Gasteiger partial charge is 0.465 e. The van der Waals surface area contributed by atoms with Gasteiger partial charge in [-0.1, -0.05) is 60.7 Å². The van der Waals surface area contributed by atoms with Crippen LogP contribution in [0.3, 0.4) is 0 Å². The number of hydrogen-bond donors (Lipinski definition) is 2. The molecule has 2 amide bonds. The Bertz CT molecular complexity index is 1020. The number of rotatable bonds is 5. The third-order valence-electron chi connectivity index (χ3n) is 4.28. The fourth-order valence-electron chi connectivity index (χ4n) is 2.79.